The normalized spacial score (nSPS) is 20.6. The van der Waals surface area contributed by atoms with Gasteiger partial charge in [-0.3, -0.25) is 4.79 Å². The predicted molar refractivity (Wildman–Crippen MR) is 73.3 cm³/mol. The third-order valence-electron chi connectivity index (χ3n) is 4.12. The minimum atomic E-state index is -0.161. The van der Waals surface area contributed by atoms with Gasteiger partial charge in [0.1, 0.15) is 0 Å². The van der Waals surface area contributed by atoms with Crippen LogP contribution in [0.5, 0.6) is 0 Å². The van der Waals surface area contributed by atoms with E-state index in [1.54, 1.807) is 0 Å². The molecule has 3 heteroatoms. The van der Waals surface area contributed by atoms with Crippen molar-refractivity contribution in [3.8, 4) is 0 Å². The SMILES string of the molecule is CC(c1ccc2c(c1)CCC(C(N)=O)C2)N(C)C. The molecule has 98 valence electrons. The maximum atomic E-state index is 11.2. The first-order valence-corrected chi connectivity index (χ1v) is 6.56. The Kier molecular flexibility index (Phi) is 3.71. The molecular formula is C15H22N2O. The summed E-state index contributed by atoms with van der Waals surface area (Å²) in [5.74, 6) is -0.138. The first-order valence-electron chi connectivity index (χ1n) is 6.56. The number of nitrogens with two attached hydrogens (primary N) is 1. The van der Waals surface area contributed by atoms with Crippen molar-refractivity contribution in [3.05, 3.63) is 34.9 Å². The molecule has 0 spiro atoms. The lowest BCUT2D eigenvalue weighted by Crippen LogP contribution is -2.28. The molecule has 0 aromatic heterocycles. The molecule has 0 bridgehead atoms. The lowest BCUT2D eigenvalue weighted by Gasteiger charge is -2.25. The summed E-state index contributed by atoms with van der Waals surface area (Å²) in [5.41, 5.74) is 9.42. The van der Waals surface area contributed by atoms with E-state index in [0.29, 0.717) is 6.04 Å². The summed E-state index contributed by atoms with van der Waals surface area (Å²) in [5, 5.41) is 0. The number of hydrogen-bond acceptors (Lipinski definition) is 2. The highest BCUT2D eigenvalue weighted by atomic mass is 16.1. The number of carbonyl (C=O) groups is 1. The fraction of sp³-hybridized carbons (Fsp3) is 0.533. The highest BCUT2D eigenvalue weighted by molar-refractivity contribution is 5.77. The van der Waals surface area contributed by atoms with Gasteiger partial charge in [0.2, 0.25) is 5.91 Å². The Labute approximate surface area is 109 Å². The molecule has 2 N–H and O–H groups in total. The van der Waals surface area contributed by atoms with Crippen molar-refractivity contribution in [2.75, 3.05) is 14.1 Å². The standard InChI is InChI=1S/C15H22N2O/c1-10(17(2)3)11-4-5-13-9-14(15(16)18)7-6-12(13)8-11/h4-5,8,10,14H,6-7,9H2,1-3H3,(H2,16,18). The Hall–Kier alpha value is -1.35. The van der Waals surface area contributed by atoms with Crippen LogP contribution < -0.4 is 5.73 Å². The fourth-order valence-electron chi connectivity index (χ4n) is 2.58. The summed E-state index contributed by atoms with van der Waals surface area (Å²) < 4.78 is 0. The third kappa shape index (κ3) is 2.56. The third-order valence-corrected chi connectivity index (χ3v) is 4.12. The summed E-state index contributed by atoms with van der Waals surface area (Å²) in [6.45, 7) is 2.21. The van der Waals surface area contributed by atoms with Crippen LogP contribution in [0.2, 0.25) is 0 Å². The topological polar surface area (TPSA) is 46.3 Å². The predicted octanol–water partition coefficient (Wildman–Crippen LogP) is 1.90. The van der Waals surface area contributed by atoms with Crippen LogP contribution in [0.4, 0.5) is 0 Å². The number of benzene rings is 1. The zero-order chi connectivity index (χ0) is 13.3. The van der Waals surface area contributed by atoms with Crippen LogP contribution in [-0.2, 0) is 17.6 Å². The van der Waals surface area contributed by atoms with E-state index in [-0.39, 0.29) is 11.8 Å². The van der Waals surface area contributed by atoms with E-state index < -0.39 is 0 Å². The highest BCUT2D eigenvalue weighted by Gasteiger charge is 2.23. The lowest BCUT2D eigenvalue weighted by molar-refractivity contribution is -0.122. The molecule has 2 unspecified atom stereocenters. The van der Waals surface area contributed by atoms with Crippen molar-refractivity contribution >= 4 is 5.91 Å². The van der Waals surface area contributed by atoms with Gasteiger partial charge in [-0.05, 0) is 57.0 Å². The van der Waals surface area contributed by atoms with Crippen molar-refractivity contribution in [2.45, 2.75) is 32.2 Å². The average molecular weight is 246 g/mol. The molecule has 1 amide bonds. The molecule has 0 saturated carbocycles. The summed E-state index contributed by atoms with van der Waals surface area (Å²) in [6.07, 6.45) is 2.67. The van der Waals surface area contributed by atoms with Crippen LogP contribution in [0, 0.1) is 5.92 Å². The Morgan fingerprint density at radius 1 is 1.39 bits per heavy atom. The van der Waals surface area contributed by atoms with Crippen LogP contribution in [0.1, 0.15) is 36.1 Å². The molecule has 0 saturated heterocycles. The van der Waals surface area contributed by atoms with Crippen molar-refractivity contribution in [3.63, 3.8) is 0 Å². The monoisotopic (exact) mass is 246 g/mol. The fourth-order valence-corrected chi connectivity index (χ4v) is 2.58. The molecule has 1 aromatic carbocycles. The van der Waals surface area contributed by atoms with Gasteiger partial charge in [-0.25, -0.2) is 0 Å². The van der Waals surface area contributed by atoms with E-state index in [4.69, 9.17) is 5.73 Å². The first kappa shape index (κ1) is 13.1. The van der Waals surface area contributed by atoms with E-state index >= 15 is 0 Å². The van der Waals surface area contributed by atoms with Gasteiger partial charge in [0.05, 0.1) is 0 Å². The molecule has 1 aliphatic rings. The molecule has 0 aliphatic heterocycles. The van der Waals surface area contributed by atoms with Crippen LogP contribution in [0.3, 0.4) is 0 Å². The molecule has 18 heavy (non-hydrogen) atoms. The Morgan fingerprint density at radius 2 is 2.11 bits per heavy atom. The quantitative estimate of drug-likeness (QED) is 0.885. The number of primary amides is 1. The van der Waals surface area contributed by atoms with Crippen LogP contribution in [0.15, 0.2) is 18.2 Å². The Morgan fingerprint density at radius 3 is 2.72 bits per heavy atom. The first-order chi connectivity index (χ1) is 8.49. The van der Waals surface area contributed by atoms with Gasteiger partial charge in [-0.1, -0.05) is 18.2 Å². The molecule has 0 fully saturated rings. The van der Waals surface area contributed by atoms with Crippen molar-refractivity contribution in [1.29, 1.82) is 0 Å². The summed E-state index contributed by atoms with van der Waals surface area (Å²) >= 11 is 0. The van der Waals surface area contributed by atoms with E-state index in [1.165, 1.54) is 16.7 Å². The minimum Gasteiger partial charge on any atom is -0.369 e. The number of rotatable bonds is 3. The number of amides is 1. The Balaban J connectivity index is 2.22. The van der Waals surface area contributed by atoms with E-state index in [2.05, 4.69) is 44.1 Å². The van der Waals surface area contributed by atoms with E-state index in [1.807, 2.05) is 0 Å². The zero-order valence-electron chi connectivity index (χ0n) is 11.4. The van der Waals surface area contributed by atoms with E-state index in [9.17, 15) is 4.79 Å². The number of carbonyl (C=O) groups excluding carboxylic acids is 1. The maximum absolute atomic E-state index is 11.2. The number of nitrogens with zero attached hydrogens (tertiary/aromatic N) is 1. The van der Waals surface area contributed by atoms with Crippen LogP contribution in [-0.4, -0.2) is 24.9 Å². The van der Waals surface area contributed by atoms with Crippen molar-refractivity contribution < 1.29 is 4.79 Å². The summed E-state index contributed by atoms with van der Waals surface area (Å²) in [7, 11) is 4.18. The summed E-state index contributed by atoms with van der Waals surface area (Å²) in [4.78, 5) is 13.4. The molecule has 0 heterocycles. The molecule has 2 atom stereocenters. The molecule has 3 nitrogen and oxygen atoms in total. The second-order valence-electron chi connectivity index (χ2n) is 5.51. The highest BCUT2D eigenvalue weighted by Crippen LogP contribution is 2.28. The second-order valence-corrected chi connectivity index (χ2v) is 5.51. The van der Waals surface area contributed by atoms with Gasteiger partial charge in [0.15, 0.2) is 0 Å². The van der Waals surface area contributed by atoms with Gasteiger partial charge in [0.25, 0.3) is 0 Å². The van der Waals surface area contributed by atoms with Crippen LogP contribution in [0.25, 0.3) is 0 Å². The van der Waals surface area contributed by atoms with Crippen molar-refractivity contribution in [2.24, 2.45) is 11.7 Å². The van der Waals surface area contributed by atoms with Gasteiger partial charge in [-0.2, -0.15) is 0 Å². The number of fused-ring (bicyclic) bond motifs is 1. The van der Waals surface area contributed by atoms with Gasteiger partial charge in [0, 0.05) is 12.0 Å². The minimum absolute atomic E-state index is 0.0228. The van der Waals surface area contributed by atoms with E-state index in [0.717, 1.165) is 19.3 Å². The largest absolute Gasteiger partial charge is 0.369 e. The zero-order valence-corrected chi connectivity index (χ0v) is 11.4. The van der Waals surface area contributed by atoms with Gasteiger partial charge in [-0.15, -0.1) is 0 Å². The summed E-state index contributed by atoms with van der Waals surface area (Å²) in [6, 6.07) is 7.05. The molecular weight excluding hydrogens is 224 g/mol. The lowest BCUT2D eigenvalue weighted by atomic mass is 9.82. The number of aryl methyl sites for hydroxylation is 1. The van der Waals surface area contributed by atoms with Gasteiger partial charge >= 0.3 is 0 Å². The maximum Gasteiger partial charge on any atom is 0.220 e. The van der Waals surface area contributed by atoms with Gasteiger partial charge < -0.3 is 10.6 Å². The average Bonchev–Trinajstić information content (AvgIpc) is 2.36. The molecule has 1 aliphatic carbocycles. The smallest absolute Gasteiger partial charge is 0.220 e. The van der Waals surface area contributed by atoms with Crippen LogP contribution >= 0.6 is 0 Å². The molecule has 0 radical (unpaired) electrons. The Bertz CT molecular complexity index is 454. The van der Waals surface area contributed by atoms with Crippen molar-refractivity contribution in [1.82, 2.24) is 4.90 Å². The second kappa shape index (κ2) is 5.11. The molecule has 2 rings (SSSR count). The number of hydrogen-bond donors (Lipinski definition) is 1. The molecule has 1 aromatic rings.